The Kier molecular flexibility index (Phi) is 8.30. The van der Waals surface area contributed by atoms with E-state index in [2.05, 4.69) is 0 Å². The first-order chi connectivity index (χ1) is 8.67. The monoisotopic (exact) mass is 291 g/mol. The molecular weight excluding hydrogens is 270 g/mol. The number of hydrogen-bond donors (Lipinski definition) is 2. The van der Waals surface area contributed by atoms with Crippen molar-refractivity contribution >= 4 is 12.4 Å². The Morgan fingerprint density at radius 1 is 1.11 bits per heavy atom. The predicted molar refractivity (Wildman–Crippen MR) is 76.6 cm³/mol. The summed E-state index contributed by atoms with van der Waals surface area (Å²) in [7, 11) is 4.74. The number of hydrogen-bond acceptors (Lipinski definition) is 5. The van der Waals surface area contributed by atoms with Gasteiger partial charge >= 0.3 is 0 Å². The molecule has 3 N–H and O–H groups in total. The quantitative estimate of drug-likeness (QED) is 0.803. The van der Waals surface area contributed by atoms with E-state index in [1.165, 1.54) is 0 Å². The van der Waals surface area contributed by atoms with Crippen LogP contribution in [0.3, 0.4) is 0 Å². The summed E-state index contributed by atoms with van der Waals surface area (Å²) in [6.07, 6.45) is 1.30. The number of rotatable bonds is 7. The molecule has 1 aromatic carbocycles. The summed E-state index contributed by atoms with van der Waals surface area (Å²) in [6, 6.07) is 3.31. The molecule has 1 rings (SSSR count). The third-order valence-corrected chi connectivity index (χ3v) is 2.80. The molecule has 0 aromatic heterocycles. The molecule has 0 saturated heterocycles. The highest BCUT2D eigenvalue weighted by Gasteiger charge is 2.19. The number of nitrogens with two attached hydrogens (primary N) is 1. The van der Waals surface area contributed by atoms with Crippen LogP contribution in [-0.4, -0.2) is 33.0 Å². The molecule has 0 heterocycles. The van der Waals surface area contributed by atoms with Crippen molar-refractivity contribution in [1.29, 1.82) is 0 Å². The second-order valence-electron chi connectivity index (χ2n) is 3.92. The zero-order chi connectivity index (χ0) is 13.5. The fourth-order valence-electron chi connectivity index (χ4n) is 1.85. The second-order valence-corrected chi connectivity index (χ2v) is 3.92. The van der Waals surface area contributed by atoms with Gasteiger partial charge < -0.3 is 25.1 Å². The van der Waals surface area contributed by atoms with Crippen molar-refractivity contribution in [2.45, 2.75) is 18.9 Å². The zero-order valence-electron chi connectivity index (χ0n) is 11.5. The third kappa shape index (κ3) is 4.45. The minimum Gasteiger partial charge on any atom is -0.496 e. The molecule has 1 atom stereocenters. The molecule has 0 fully saturated rings. The fourth-order valence-corrected chi connectivity index (χ4v) is 1.85. The lowest BCUT2D eigenvalue weighted by molar-refractivity contribution is 0.278. The van der Waals surface area contributed by atoms with Crippen LogP contribution in [0, 0.1) is 0 Å². The molecule has 0 amide bonds. The normalized spacial score (nSPS) is 11.4. The minimum absolute atomic E-state index is 0. The highest BCUT2D eigenvalue weighted by molar-refractivity contribution is 5.85. The van der Waals surface area contributed by atoms with E-state index >= 15 is 0 Å². The van der Waals surface area contributed by atoms with Gasteiger partial charge in [0.1, 0.15) is 17.2 Å². The van der Waals surface area contributed by atoms with Crippen LogP contribution < -0.4 is 19.9 Å². The molecule has 1 aromatic rings. The summed E-state index contributed by atoms with van der Waals surface area (Å²) in [5, 5.41) is 8.86. The summed E-state index contributed by atoms with van der Waals surface area (Å²) >= 11 is 0. The maximum atomic E-state index is 8.86. The number of benzene rings is 1. The molecule has 0 aliphatic rings. The van der Waals surface area contributed by atoms with Gasteiger partial charge in [0.15, 0.2) is 0 Å². The molecule has 0 spiro atoms. The van der Waals surface area contributed by atoms with Crippen LogP contribution in [-0.2, 0) is 0 Å². The lowest BCUT2D eigenvalue weighted by Gasteiger charge is -2.19. The van der Waals surface area contributed by atoms with E-state index < -0.39 is 0 Å². The molecule has 0 radical (unpaired) electrons. The van der Waals surface area contributed by atoms with Gasteiger partial charge in [-0.25, -0.2) is 0 Å². The first kappa shape index (κ1) is 17.8. The Bertz CT molecular complexity index is 362. The van der Waals surface area contributed by atoms with E-state index in [0.29, 0.717) is 30.1 Å². The number of halogens is 1. The van der Waals surface area contributed by atoms with Gasteiger partial charge in [-0.05, 0) is 12.8 Å². The van der Waals surface area contributed by atoms with E-state index in [-0.39, 0.29) is 25.1 Å². The molecular formula is C13H22ClNO4. The third-order valence-electron chi connectivity index (χ3n) is 2.80. The number of aliphatic hydroxyl groups is 1. The molecule has 0 aliphatic heterocycles. The Morgan fingerprint density at radius 2 is 1.63 bits per heavy atom. The van der Waals surface area contributed by atoms with Gasteiger partial charge in [0.2, 0.25) is 0 Å². The molecule has 6 heteroatoms. The minimum atomic E-state index is -0.243. The van der Waals surface area contributed by atoms with Crippen molar-refractivity contribution in [1.82, 2.24) is 0 Å². The Morgan fingerprint density at radius 3 is 2.00 bits per heavy atom. The van der Waals surface area contributed by atoms with Crippen molar-refractivity contribution in [2.75, 3.05) is 27.9 Å². The van der Waals surface area contributed by atoms with Crippen LogP contribution in [0.25, 0.3) is 0 Å². The molecule has 0 aliphatic carbocycles. The maximum absolute atomic E-state index is 8.86. The standard InChI is InChI=1S/C13H21NO4.ClH/c1-16-9-7-11(17-2)13(12(8-9)18-3)10(14)5-4-6-15;/h7-8,10,15H,4-6,14H2,1-3H3;1H/t10-;/m0./s1. The van der Waals surface area contributed by atoms with Gasteiger partial charge in [0.05, 0.1) is 26.9 Å². The molecule has 110 valence electrons. The zero-order valence-corrected chi connectivity index (χ0v) is 12.3. The topological polar surface area (TPSA) is 73.9 Å². The van der Waals surface area contributed by atoms with Crippen LogP contribution >= 0.6 is 12.4 Å². The largest absolute Gasteiger partial charge is 0.496 e. The van der Waals surface area contributed by atoms with E-state index in [4.69, 9.17) is 25.1 Å². The van der Waals surface area contributed by atoms with E-state index in [1.54, 1.807) is 33.5 Å². The molecule has 0 bridgehead atoms. The van der Waals surface area contributed by atoms with Crippen molar-refractivity contribution in [3.8, 4) is 17.2 Å². The lowest BCUT2D eigenvalue weighted by Crippen LogP contribution is -2.13. The van der Waals surface area contributed by atoms with Gasteiger partial charge in [-0.2, -0.15) is 0 Å². The summed E-state index contributed by atoms with van der Waals surface area (Å²) in [6.45, 7) is 0.120. The van der Waals surface area contributed by atoms with Crippen molar-refractivity contribution in [2.24, 2.45) is 5.73 Å². The average molecular weight is 292 g/mol. The van der Waals surface area contributed by atoms with Gasteiger partial charge in [-0.15, -0.1) is 12.4 Å². The Labute approximate surface area is 120 Å². The highest BCUT2D eigenvalue weighted by Crippen LogP contribution is 2.38. The predicted octanol–water partition coefficient (Wildman–Crippen LogP) is 1.91. The Hall–Kier alpha value is -1.17. The van der Waals surface area contributed by atoms with Crippen LogP contribution in [0.15, 0.2) is 12.1 Å². The lowest BCUT2D eigenvalue weighted by atomic mass is 10.0. The van der Waals surface area contributed by atoms with Crippen molar-refractivity contribution in [3.05, 3.63) is 17.7 Å². The van der Waals surface area contributed by atoms with Gasteiger partial charge in [-0.1, -0.05) is 0 Å². The maximum Gasteiger partial charge on any atom is 0.131 e. The molecule has 19 heavy (non-hydrogen) atoms. The Balaban J connectivity index is 0.00000324. The van der Waals surface area contributed by atoms with Crippen LogP contribution in [0.1, 0.15) is 24.4 Å². The molecule has 0 saturated carbocycles. The van der Waals surface area contributed by atoms with E-state index in [1.807, 2.05) is 0 Å². The van der Waals surface area contributed by atoms with Crippen molar-refractivity contribution < 1.29 is 19.3 Å². The fraction of sp³-hybridized carbons (Fsp3) is 0.538. The number of methoxy groups -OCH3 is 3. The highest BCUT2D eigenvalue weighted by atomic mass is 35.5. The number of ether oxygens (including phenoxy) is 3. The summed E-state index contributed by atoms with van der Waals surface area (Å²) < 4.78 is 15.8. The molecule has 0 unspecified atom stereocenters. The van der Waals surface area contributed by atoms with Gasteiger partial charge in [-0.3, -0.25) is 0 Å². The molecule has 5 nitrogen and oxygen atoms in total. The first-order valence-electron chi connectivity index (χ1n) is 5.84. The van der Waals surface area contributed by atoms with Gasteiger partial charge in [0.25, 0.3) is 0 Å². The number of aliphatic hydroxyl groups excluding tert-OH is 1. The summed E-state index contributed by atoms with van der Waals surface area (Å²) in [5.41, 5.74) is 6.91. The van der Waals surface area contributed by atoms with Crippen molar-refractivity contribution in [3.63, 3.8) is 0 Å². The van der Waals surface area contributed by atoms with E-state index in [0.717, 1.165) is 5.56 Å². The smallest absolute Gasteiger partial charge is 0.131 e. The first-order valence-corrected chi connectivity index (χ1v) is 5.84. The van der Waals surface area contributed by atoms with Crippen LogP contribution in [0.4, 0.5) is 0 Å². The van der Waals surface area contributed by atoms with Crippen LogP contribution in [0.5, 0.6) is 17.2 Å². The SMILES string of the molecule is COc1cc(OC)c([C@@H](N)CCCO)c(OC)c1.Cl. The summed E-state index contributed by atoms with van der Waals surface area (Å²) in [4.78, 5) is 0. The van der Waals surface area contributed by atoms with Gasteiger partial charge in [0, 0.05) is 24.8 Å². The average Bonchev–Trinajstić information content (AvgIpc) is 2.42. The van der Waals surface area contributed by atoms with Crippen LogP contribution in [0.2, 0.25) is 0 Å². The van der Waals surface area contributed by atoms with E-state index in [9.17, 15) is 0 Å². The summed E-state index contributed by atoms with van der Waals surface area (Å²) in [5.74, 6) is 1.93. The second kappa shape index (κ2) is 8.85.